The second-order valence-electron chi connectivity index (χ2n) is 6.72. The molecule has 0 saturated carbocycles. The normalized spacial score (nSPS) is 14.4. The van der Waals surface area contributed by atoms with E-state index in [0.717, 1.165) is 0 Å². The van der Waals surface area contributed by atoms with Crippen molar-refractivity contribution in [3.05, 3.63) is 0 Å². The van der Waals surface area contributed by atoms with Gasteiger partial charge in [0, 0.05) is 18.1 Å². The Hall–Kier alpha value is -1.84. The van der Waals surface area contributed by atoms with Crippen molar-refractivity contribution in [3.63, 3.8) is 0 Å². The average Bonchev–Trinajstić information content (AvgIpc) is 2.74. The van der Waals surface area contributed by atoms with Crippen LogP contribution in [0.3, 0.4) is 0 Å². The zero-order valence-electron chi connectivity index (χ0n) is 17.8. The first-order valence-electron chi connectivity index (χ1n) is 9.72. The van der Waals surface area contributed by atoms with Crippen molar-refractivity contribution in [1.82, 2.24) is 16.0 Å². The van der Waals surface area contributed by atoms with E-state index < -0.39 is 47.9 Å². The molecule has 4 unspecified atom stereocenters. The Kier molecular flexibility index (Phi) is 15.8. The van der Waals surface area contributed by atoms with Crippen LogP contribution in [0.2, 0.25) is 0 Å². The van der Waals surface area contributed by atoms with E-state index in [9.17, 15) is 24.3 Å². The molecule has 0 aromatic heterocycles. The number of carbonyl (C=O) groups excluding carboxylic acids is 3. The van der Waals surface area contributed by atoms with E-state index in [1.165, 1.54) is 0 Å². The third kappa shape index (κ3) is 12.3. The lowest BCUT2D eigenvalue weighted by molar-refractivity contribution is -0.142. The molecule has 0 rings (SSSR count). The van der Waals surface area contributed by atoms with Gasteiger partial charge in [-0.15, -0.1) is 0 Å². The maximum absolute atomic E-state index is 12.5. The molecule has 3 amide bonds. The Morgan fingerprint density at radius 2 is 1.44 bits per heavy atom. The lowest BCUT2D eigenvalue weighted by Crippen LogP contribution is -2.58. The maximum Gasteiger partial charge on any atom is 0.326 e. The van der Waals surface area contributed by atoms with E-state index >= 15 is 0 Å². The zero-order valence-corrected chi connectivity index (χ0v) is 20.4. The number of aliphatic imine (C=N–C) groups is 1. The number of nitrogens with one attached hydrogen (secondary N) is 3. The summed E-state index contributed by atoms with van der Waals surface area (Å²) < 4.78 is 0. The molecule has 10 N–H and O–H groups in total. The molecule has 0 aliphatic rings. The summed E-state index contributed by atoms with van der Waals surface area (Å²) >= 11 is 9.66. The molecule has 0 bridgehead atoms. The van der Waals surface area contributed by atoms with Gasteiger partial charge in [-0.1, -0.05) is 0 Å². The van der Waals surface area contributed by atoms with Crippen LogP contribution in [0, 0.1) is 0 Å². The highest BCUT2D eigenvalue weighted by atomic mass is 32.2. The zero-order chi connectivity index (χ0) is 24.7. The first kappa shape index (κ1) is 30.2. The number of aliphatic carboxylic acids is 1. The van der Waals surface area contributed by atoms with Crippen molar-refractivity contribution < 1.29 is 24.3 Å². The van der Waals surface area contributed by atoms with Gasteiger partial charge in [-0.3, -0.25) is 19.4 Å². The summed E-state index contributed by atoms with van der Waals surface area (Å²) in [5, 5.41) is 16.6. The number of nitrogens with zero attached hydrogens (tertiary/aromatic N) is 1. The first-order valence-corrected chi connectivity index (χ1v) is 12.4. The van der Waals surface area contributed by atoms with E-state index in [2.05, 4.69) is 46.2 Å². The van der Waals surface area contributed by atoms with Gasteiger partial charge in [0.1, 0.15) is 18.1 Å². The van der Waals surface area contributed by atoms with E-state index in [0.29, 0.717) is 18.6 Å². The van der Waals surface area contributed by atoms with E-state index in [-0.39, 0.29) is 30.4 Å². The number of carboxylic acids is 1. The molecule has 0 aliphatic heterocycles. The van der Waals surface area contributed by atoms with Crippen molar-refractivity contribution in [2.24, 2.45) is 22.2 Å². The summed E-state index contributed by atoms with van der Waals surface area (Å²) in [5.74, 6) is -2.71. The highest BCUT2D eigenvalue weighted by molar-refractivity contribution is 7.98. The molecular weight excluding hydrogens is 478 g/mol. The Bertz CT molecular complexity index is 664. The highest BCUT2D eigenvalue weighted by Crippen LogP contribution is 2.02. The van der Waals surface area contributed by atoms with Crippen LogP contribution in [0.4, 0.5) is 0 Å². The summed E-state index contributed by atoms with van der Waals surface area (Å²) in [6.07, 6.45) is 2.72. The summed E-state index contributed by atoms with van der Waals surface area (Å²) in [6, 6.07) is -4.14. The lowest BCUT2D eigenvalue weighted by atomic mass is 10.1. The maximum atomic E-state index is 12.5. The molecule has 0 spiro atoms. The van der Waals surface area contributed by atoms with Crippen LogP contribution >= 0.6 is 37.0 Å². The SMILES string of the molecule is CSCCC(N)C(=O)NC(CS)C(=O)NC(CS)C(=O)NC(CCCN=C(N)N)C(=O)O. The number of thioether (sulfide) groups is 1. The van der Waals surface area contributed by atoms with Crippen LogP contribution in [0.1, 0.15) is 19.3 Å². The van der Waals surface area contributed by atoms with Crippen molar-refractivity contribution in [2.75, 3.05) is 30.1 Å². The first-order chi connectivity index (χ1) is 15.1. The summed E-state index contributed by atoms with van der Waals surface area (Å²) in [6.45, 7) is 0.205. The molecule has 4 atom stereocenters. The van der Waals surface area contributed by atoms with E-state index in [1.54, 1.807) is 11.8 Å². The van der Waals surface area contributed by atoms with Crippen LogP contribution < -0.4 is 33.2 Å². The third-order valence-electron chi connectivity index (χ3n) is 4.16. The number of nitrogens with two attached hydrogens (primary N) is 3. The minimum absolute atomic E-state index is 0.0315. The molecule has 15 heteroatoms. The number of carboxylic acid groups (broad SMARTS) is 1. The Morgan fingerprint density at radius 1 is 0.938 bits per heavy atom. The summed E-state index contributed by atoms with van der Waals surface area (Å²) in [7, 11) is 0. The van der Waals surface area contributed by atoms with E-state index in [4.69, 9.17) is 17.2 Å². The predicted octanol–water partition coefficient (Wildman–Crippen LogP) is -2.48. The van der Waals surface area contributed by atoms with E-state index in [1.807, 2.05) is 6.26 Å². The molecule has 0 saturated heterocycles. The van der Waals surface area contributed by atoms with Crippen molar-refractivity contribution in [2.45, 2.75) is 43.4 Å². The fourth-order valence-corrected chi connectivity index (χ4v) is 3.35. The van der Waals surface area contributed by atoms with Gasteiger partial charge in [0.2, 0.25) is 17.7 Å². The smallest absolute Gasteiger partial charge is 0.326 e. The average molecular weight is 512 g/mol. The van der Waals surface area contributed by atoms with Crippen LogP contribution in [0.25, 0.3) is 0 Å². The van der Waals surface area contributed by atoms with Crippen molar-refractivity contribution >= 4 is 66.7 Å². The predicted molar refractivity (Wildman–Crippen MR) is 132 cm³/mol. The number of hydrogen-bond donors (Lipinski definition) is 9. The number of thiol groups is 2. The molecule has 0 aromatic carbocycles. The minimum Gasteiger partial charge on any atom is -0.480 e. The van der Waals surface area contributed by atoms with Crippen LogP contribution in [0.15, 0.2) is 4.99 Å². The number of rotatable bonds is 16. The van der Waals surface area contributed by atoms with Gasteiger partial charge in [0.25, 0.3) is 0 Å². The van der Waals surface area contributed by atoms with Gasteiger partial charge in [0.05, 0.1) is 6.04 Å². The molecule has 32 heavy (non-hydrogen) atoms. The highest BCUT2D eigenvalue weighted by Gasteiger charge is 2.29. The van der Waals surface area contributed by atoms with Crippen LogP contribution in [-0.4, -0.2) is 89.0 Å². The van der Waals surface area contributed by atoms with Gasteiger partial charge in [-0.2, -0.15) is 37.0 Å². The fourth-order valence-electron chi connectivity index (χ4n) is 2.35. The van der Waals surface area contributed by atoms with Crippen LogP contribution in [0.5, 0.6) is 0 Å². The van der Waals surface area contributed by atoms with Gasteiger partial charge in [0.15, 0.2) is 5.96 Å². The second kappa shape index (κ2) is 16.7. The number of carbonyl (C=O) groups is 4. The topological polar surface area (TPSA) is 215 Å². The minimum atomic E-state index is -1.24. The molecule has 0 heterocycles. The second-order valence-corrected chi connectivity index (χ2v) is 8.44. The molecule has 0 aromatic rings. The molecule has 0 fully saturated rings. The van der Waals surface area contributed by atoms with Crippen molar-refractivity contribution in [3.8, 4) is 0 Å². The Morgan fingerprint density at radius 3 is 1.88 bits per heavy atom. The number of guanidine groups is 1. The molecular formula is C17H33N7O5S3. The Labute approximate surface area is 202 Å². The standard InChI is InChI=1S/C17H33N7O5S3/c1-32-6-4-9(18)13(25)23-11(7-30)15(27)24-12(8-31)14(26)22-10(16(28)29)3-2-5-21-17(19)20/h9-12,30-31H,2-8,18H2,1H3,(H,22,26)(H,23,25)(H,24,27)(H,28,29)(H4,19,20,21). The largest absolute Gasteiger partial charge is 0.480 e. The van der Waals surface area contributed by atoms with Gasteiger partial charge < -0.3 is 38.3 Å². The van der Waals surface area contributed by atoms with Gasteiger partial charge in [-0.05, 0) is 31.3 Å². The molecule has 0 aliphatic carbocycles. The van der Waals surface area contributed by atoms with Gasteiger partial charge in [-0.25, -0.2) is 4.79 Å². The summed E-state index contributed by atoms with van der Waals surface area (Å²) in [4.78, 5) is 52.4. The lowest BCUT2D eigenvalue weighted by Gasteiger charge is -2.23. The molecule has 184 valence electrons. The quantitative estimate of drug-likeness (QED) is 0.0463. The molecule has 12 nitrogen and oxygen atoms in total. The number of hydrogen-bond acceptors (Lipinski definition) is 9. The molecule has 0 radical (unpaired) electrons. The monoisotopic (exact) mass is 511 g/mol. The van der Waals surface area contributed by atoms with Gasteiger partial charge >= 0.3 is 5.97 Å². The fraction of sp³-hybridized carbons (Fsp3) is 0.706. The summed E-state index contributed by atoms with van der Waals surface area (Å²) in [5.41, 5.74) is 16.2. The third-order valence-corrected chi connectivity index (χ3v) is 5.53. The number of amides is 3. The van der Waals surface area contributed by atoms with Crippen LogP contribution in [-0.2, 0) is 19.2 Å². The Balaban J connectivity index is 4.92. The van der Waals surface area contributed by atoms with Crippen molar-refractivity contribution in [1.29, 1.82) is 0 Å².